The average Bonchev–Trinajstić information content (AvgIpc) is 2.87. The number of carbonyl (C=O) groups is 1. The summed E-state index contributed by atoms with van der Waals surface area (Å²) in [7, 11) is 0. The minimum Gasteiger partial charge on any atom is -0.409 e. The number of rotatable bonds is 6. The van der Waals surface area contributed by atoms with E-state index in [9.17, 15) is 4.79 Å². The van der Waals surface area contributed by atoms with Gasteiger partial charge in [0.15, 0.2) is 5.84 Å². The summed E-state index contributed by atoms with van der Waals surface area (Å²) in [6.45, 7) is 3.86. The first-order chi connectivity index (χ1) is 8.57. The minimum atomic E-state index is -0.704. The summed E-state index contributed by atoms with van der Waals surface area (Å²) in [4.78, 5) is 12.0. The van der Waals surface area contributed by atoms with Crippen molar-refractivity contribution in [2.24, 2.45) is 16.8 Å². The van der Waals surface area contributed by atoms with Gasteiger partial charge in [-0.15, -0.1) is 0 Å². The van der Waals surface area contributed by atoms with Crippen molar-refractivity contribution in [1.29, 1.82) is 0 Å². The Morgan fingerprint density at radius 3 is 2.39 bits per heavy atom. The van der Waals surface area contributed by atoms with Gasteiger partial charge in [-0.05, 0) is 31.6 Å². The van der Waals surface area contributed by atoms with Crippen LogP contribution in [-0.4, -0.2) is 22.5 Å². The molecule has 18 heavy (non-hydrogen) atoms. The molecule has 1 amide bonds. The molecule has 104 valence electrons. The Balaban J connectivity index is 2.62. The number of hydrogen-bond acceptors (Lipinski definition) is 3. The number of nitrogens with two attached hydrogens (primary N) is 1. The topological polar surface area (TPSA) is 87.7 Å². The molecule has 1 saturated carbocycles. The average molecular weight is 255 g/mol. The zero-order valence-corrected chi connectivity index (χ0v) is 11.4. The minimum absolute atomic E-state index is 0.0113. The van der Waals surface area contributed by atoms with Crippen LogP contribution in [0.3, 0.4) is 0 Å². The number of nitrogens with one attached hydrogen (secondary N) is 1. The van der Waals surface area contributed by atoms with E-state index in [1.54, 1.807) is 0 Å². The molecule has 0 spiro atoms. The van der Waals surface area contributed by atoms with Gasteiger partial charge in [0.05, 0.1) is 0 Å². The highest BCUT2D eigenvalue weighted by Gasteiger charge is 2.33. The summed E-state index contributed by atoms with van der Waals surface area (Å²) in [5.41, 5.74) is 5.01. The lowest BCUT2D eigenvalue weighted by molar-refractivity contribution is -0.123. The van der Waals surface area contributed by atoms with Gasteiger partial charge in [0.25, 0.3) is 0 Å². The number of amides is 1. The maximum absolute atomic E-state index is 12.0. The molecule has 0 aliphatic heterocycles. The molecule has 0 aromatic carbocycles. The van der Waals surface area contributed by atoms with Crippen LogP contribution in [0.2, 0.25) is 0 Å². The Kier molecular flexibility index (Phi) is 5.44. The third-order valence-corrected chi connectivity index (χ3v) is 4.13. The van der Waals surface area contributed by atoms with E-state index in [1.165, 1.54) is 12.8 Å². The molecule has 0 radical (unpaired) electrons. The lowest BCUT2D eigenvalue weighted by atomic mass is 9.90. The van der Waals surface area contributed by atoms with E-state index in [2.05, 4.69) is 10.5 Å². The first-order valence-corrected chi connectivity index (χ1v) is 6.87. The van der Waals surface area contributed by atoms with Gasteiger partial charge in [-0.3, -0.25) is 4.79 Å². The quantitative estimate of drug-likeness (QED) is 0.293. The van der Waals surface area contributed by atoms with E-state index in [4.69, 9.17) is 10.9 Å². The normalized spacial score (nSPS) is 18.0. The first-order valence-electron chi connectivity index (χ1n) is 6.87. The van der Waals surface area contributed by atoms with Crippen LogP contribution < -0.4 is 11.1 Å². The summed E-state index contributed by atoms with van der Waals surface area (Å²) < 4.78 is 0. The van der Waals surface area contributed by atoms with Crippen LogP contribution in [0.25, 0.3) is 0 Å². The van der Waals surface area contributed by atoms with Crippen LogP contribution in [0.1, 0.15) is 58.8 Å². The monoisotopic (exact) mass is 255 g/mol. The highest BCUT2D eigenvalue weighted by molar-refractivity contribution is 5.93. The maximum Gasteiger partial charge on any atom is 0.221 e. The Morgan fingerprint density at radius 1 is 1.39 bits per heavy atom. The lowest BCUT2D eigenvalue weighted by Crippen LogP contribution is -2.57. The van der Waals surface area contributed by atoms with Crippen LogP contribution >= 0.6 is 0 Å². The first kappa shape index (κ1) is 14.8. The second-order valence-corrected chi connectivity index (χ2v) is 5.18. The maximum atomic E-state index is 12.0. The molecule has 5 heteroatoms. The molecule has 0 bridgehead atoms. The van der Waals surface area contributed by atoms with Gasteiger partial charge in [0, 0.05) is 6.42 Å². The second kappa shape index (κ2) is 6.61. The molecule has 5 nitrogen and oxygen atoms in total. The molecule has 0 aromatic rings. The fourth-order valence-electron chi connectivity index (χ4n) is 2.74. The summed E-state index contributed by atoms with van der Waals surface area (Å²) in [5, 5.41) is 14.9. The van der Waals surface area contributed by atoms with Crippen LogP contribution in [0.5, 0.6) is 0 Å². The highest BCUT2D eigenvalue weighted by atomic mass is 16.4. The number of amidine groups is 1. The number of nitrogens with zero attached hydrogens (tertiary/aromatic N) is 1. The summed E-state index contributed by atoms with van der Waals surface area (Å²) in [6.07, 6.45) is 6.53. The van der Waals surface area contributed by atoms with E-state index in [1.807, 2.05) is 13.8 Å². The van der Waals surface area contributed by atoms with Gasteiger partial charge >= 0.3 is 0 Å². The van der Waals surface area contributed by atoms with Crippen LogP contribution in [0.4, 0.5) is 0 Å². The molecule has 0 saturated heterocycles. The molecule has 0 heterocycles. The predicted molar refractivity (Wildman–Crippen MR) is 71.4 cm³/mol. The van der Waals surface area contributed by atoms with E-state index < -0.39 is 5.54 Å². The fraction of sp³-hybridized carbons (Fsp3) is 0.846. The molecular formula is C13H25N3O2. The Bertz CT molecular complexity index is 305. The SMILES string of the molecule is CCC(CC)(NC(=O)CC1CCCC1)/C(N)=N/O. The van der Waals surface area contributed by atoms with E-state index in [0.717, 1.165) is 12.8 Å². The summed E-state index contributed by atoms with van der Waals surface area (Å²) in [5.74, 6) is 0.605. The molecule has 1 rings (SSSR count). The van der Waals surface area contributed by atoms with Crippen molar-refractivity contribution in [2.45, 2.75) is 64.3 Å². The van der Waals surface area contributed by atoms with Crippen LogP contribution in [0.15, 0.2) is 5.16 Å². The van der Waals surface area contributed by atoms with Gasteiger partial charge in [-0.25, -0.2) is 0 Å². The molecule has 0 aromatic heterocycles. The van der Waals surface area contributed by atoms with Gasteiger partial charge in [0.1, 0.15) is 5.54 Å². The smallest absolute Gasteiger partial charge is 0.221 e. The molecule has 0 atom stereocenters. The molecule has 1 aliphatic carbocycles. The van der Waals surface area contributed by atoms with Gasteiger partial charge in [-0.2, -0.15) is 0 Å². The van der Waals surface area contributed by atoms with E-state index >= 15 is 0 Å². The lowest BCUT2D eigenvalue weighted by Gasteiger charge is -2.31. The van der Waals surface area contributed by atoms with Crippen LogP contribution in [-0.2, 0) is 4.79 Å². The Morgan fingerprint density at radius 2 is 1.94 bits per heavy atom. The largest absolute Gasteiger partial charge is 0.409 e. The Hall–Kier alpha value is -1.26. The summed E-state index contributed by atoms with van der Waals surface area (Å²) >= 11 is 0. The van der Waals surface area contributed by atoms with Crippen molar-refractivity contribution in [3.05, 3.63) is 0 Å². The van der Waals surface area contributed by atoms with E-state index in [0.29, 0.717) is 25.2 Å². The second-order valence-electron chi connectivity index (χ2n) is 5.18. The third-order valence-electron chi connectivity index (χ3n) is 4.13. The molecular weight excluding hydrogens is 230 g/mol. The number of carbonyl (C=O) groups excluding carboxylic acids is 1. The zero-order chi connectivity index (χ0) is 13.6. The van der Waals surface area contributed by atoms with Gasteiger partial charge in [-0.1, -0.05) is 31.8 Å². The van der Waals surface area contributed by atoms with Crippen molar-refractivity contribution in [3.8, 4) is 0 Å². The van der Waals surface area contributed by atoms with Gasteiger partial charge in [0.2, 0.25) is 5.91 Å². The van der Waals surface area contributed by atoms with Crippen molar-refractivity contribution in [3.63, 3.8) is 0 Å². The van der Waals surface area contributed by atoms with Crippen molar-refractivity contribution in [1.82, 2.24) is 5.32 Å². The molecule has 1 aliphatic rings. The van der Waals surface area contributed by atoms with Gasteiger partial charge < -0.3 is 16.3 Å². The third kappa shape index (κ3) is 3.37. The van der Waals surface area contributed by atoms with E-state index in [-0.39, 0.29) is 11.7 Å². The number of hydrogen-bond donors (Lipinski definition) is 3. The molecule has 1 fully saturated rings. The van der Waals surface area contributed by atoms with Crippen LogP contribution in [0, 0.1) is 5.92 Å². The highest BCUT2D eigenvalue weighted by Crippen LogP contribution is 2.28. The van der Waals surface area contributed by atoms with Crippen molar-refractivity contribution in [2.75, 3.05) is 0 Å². The molecule has 4 N–H and O–H groups in total. The fourth-order valence-corrected chi connectivity index (χ4v) is 2.74. The van der Waals surface area contributed by atoms with Crippen molar-refractivity contribution < 1.29 is 10.0 Å². The Labute approximate surface area is 109 Å². The zero-order valence-electron chi connectivity index (χ0n) is 11.4. The predicted octanol–water partition coefficient (Wildman–Crippen LogP) is 1.99. The standard InChI is InChI=1S/C13H25N3O2/c1-3-13(4-2,12(14)16-18)15-11(17)9-10-7-5-6-8-10/h10,18H,3-9H2,1-2H3,(H2,14,16)(H,15,17). The molecule has 0 unspecified atom stereocenters. The summed E-state index contributed by atoms with van der Waals surface area (Å²) in [6, 6.07) is 0. The number of oxime groups is 1. The van der Waals surface area contributed by atoms with Crippen molar-refractivity contribution >= 4 is 11.7 Å².